The van der Waals surface area contributed by atoms with Crippen LogP contribution in [0.2, 0.25) is 0 Å². The van der Waals surface area contributed by atoms with Crippen molar-refractivity contribution in [3.8, 4) is 27.6 Å². The lowest BCUT2D eigenvalue weighted by atomic mass is 10.1. The zero-order chi connectivity index (χ0) is 19.7. The van der Waals surface area contributed by atoms with Gasteiger partial charge in [0.1, 0.15) is 10.8 Å². The number of esters is 1. The van der Waals surface area contributed by atoms with E-state index in [0.29, 0.717) is 11.4 Å². The third-order valence-corrected chi connectivity index (χ3v) is 5.31. The zero-order valence-corrected chi connectivity index (χ0v) is 16.3. The number of nitrogens with zero attached hydrogens (tertiary/aromatic N) is 2. The Morgan fingerprint density at radius 2 is 2.00 bits per heavy atom. The molecule has 0 radical (unpaired) electrons. The van der Waals surface area contributed by atoms with Crippen LogP contribution in [0.25, 0.3) is 27.3 Å². The van der Waals surface area contributed by atoms with Crippen LogP contribution in [-0.2, 0) is 4.74 Å². The second-order valence-electron chi connectivity index (χ2n) is 6.08. The van der Waals surface area contributed by atoms with Crippen LogP contribution in [0.1, 0.15) is 17.4 Å². The molecular formula is C21H19N3O3S. The minimum atomic E-state index is -0.445. The second-order valence-corrected chi connectivity index (χ2v) is 6.94. The van der Waals surface area contributed by atoms with Gasteiger partial charge in [0.25, 0.3) is 0 Å². The molecule has 28 heavy (non-hydrogen) atoms. The molecule has 0 fully saturated rings. The number of carbonyl (C=O) groups is 1. The van der Waals surface area contributed by atoms with Crippen LogP contribution >= 0.6 is 11.3 Å². The summed E-state index contributed by atoms with van der Waals surface area (Å²) in [5, 5.41) is 2.73. The number of fused-ring (bicyclic) bond motifs is 1. The van der Waals surface area contributed by atoms with Gasteiger partial charge in [-0.2, -0.15) is 0 Å². The van der Waals surface area contributed by atoms with E-state index in [2.05, 4.69) is 0 Å². The first kappa shape index (κ1) is 18.1. The van der Waals surface area contributed by atoms with E-state index in [1.54, 1.807) is 24.6 Å². The Morgan fingerprint density at radius 3 is 2.71 bits per heavy atom. The van der Waals surface area contributed by atoms with Gasteiger partial charge in [0.2, 0.25) is 0 Å². The molecule has 2 N–H and O–H groups in total. The maximum Gasteiger partial charge on any atom is 0.357 e. The van der Waals surface area contributed by atoms with Gasteiger partial charge in [0.15, 0.2) is 5.69 Å². The van der Waals surface area contributed by atoms with Gasteiger partial charge in [-0.1, -0.05) is 6.07 Å². The van der Waals surface area contributed by atoms with Gasteiger partial charge in [-0.25, -0.2) is 9.78 Å². The molecule has 4 rings (SSSR count). The quantitative estimate of drug-likeness (QED) is 0.505. The fraction of sp³-hybridized carbons (Fsp3) is 0.143. The molecule has 0 aliphatic rings. The predicted molar refractivity (Wildman–Crippen MR) is 111 cm³/mol. The highest BCUT2D eigenvalue weighted by Gasteiger charge is 2.24. The van der Waals surface area contributed by atoms with Crippen molar-refractivity contribution in [2.45, 2.75) is 6.92 Å². The summed E-state index contributed by atoms with van der Waals surface area (Å²) in [5.41, 5.74) is 10.5. The standard InChI is InChI=1S/C21H19N3O3S/c1-3-27-21(25)19-18(22)17(16-6-4-5-11-24(16)19)20-23-15(12-28-20)13-7-9-14(26-2)10-8-13/h4-12H,3,22H2,1-2H3. The Hall–Kier alpha value is -3.32. The molecule has 0 saturated heterocycles. The van der Waals surface area contributed by atoms with Crippen molar-refractivity contribution in [1.82, 2.24) is 9.38 Å². The summed E-state index contributed by atoms with van der Waals surface area (Å²) < 4.78 is 12.2. The number of rotatable bonds is 5. The Labute approximate surface area is 166 Å². The highest BCUT2D eigenvalue weighted by atomic mass is 32.1. The molecule has 0 aliphatic heterocycles. The molecule has 142 valence electrons. The van der Waals surface area contributed by atoms with Gasteiger partial charge in [0.05, 0.1) is 36.2 Å². The maximum atomic E-state index is 12.5. The number of anilines is 1. The second kappa shape index (κ2) is 7.36. The first-order valence-corrected chi connectivity index (χ1v) is 9.68. The van der Waals surface area contributed by atoms with Crippen molar-refractivity contribution < 1.29 is 14.3 Å². The molecule has 4 aromatic rings. The summed E-state index contributed by atoms with van der Waals surface area (Å²) in [6, 6.07) is 13.4. The monoisotopic (exact) mass is 393 g/mol. The van der Waals surface area contributed by atoms with Crippen molar-refractivity contribution in [3.63, 3.8) is 0 Å². The topological polar surface area (TPSA) is 78.9 Å². The molecule has 7 heteroatoms. The van der Waals surface area contributed by atoms with Gasteiger partial charge < -0.3 is 19.6 Å². The molecule has 0 amide bonds. The largest absolute Gasteiger partial charge is 0.497 e. The van der Waals surface area contributed by atoms with Crippen LogP contribution in [0.3, 0.4) is 0 Å². The molecular weight excluding hydrogens is 374 g/mol. The van der Waals surface area contributed by atoms with Crippen LogP contribution in [-0.4, -0.2) is 29.1 Å². The average molecular weight is 393 g/mol. The molecule has 0 aliphatic carbocycles. The van der Waals surface area contributed by atoms with E-state index in [1.807, 2.05) is 47.8 Å². The zero-order valence-electron chi connectivity index (χ0n) is 15.5. The lowest BCUT2D eigenvalue weighted by molar-refractivity contribution is 0.0519. The van der Waals surface area contributed by atoms with E-state index in [1.165, 1.54) is 11.3 Å². The van der Waals surface area contributed by atoms with Crippen molar-refractivity contribution in [1.29, 1.82) is 0 Å². The summed E-state index contributed by atoms with van der Waals surface area (Å²) in [5.74, 6) is 0.348. The van der Waals surface area contributed by atoms with Crippen LogP contribution in [0.5, 0.6) is 5.75 Å². The molecule has 0 saturated carbocycles. The van der Waals surface area contributed by atoms with Crippen molar-refractivity contribution in [3.05, 3.63) is 59.7 Å². The molecule has 1 aromatic carbocycles. The fourth-order valence-corrected chi connectivity index (χ4v) is 4.04. The van der Waals surface area contributed by atoms with E-state index in [-0.39, 0.29) is 6.61 Å². The minimum Gasteiger partial charge on any atom is -0.497 e. The normalized spacial score (nSPS) is 10.9. The number of benzene rings is 1. The van der Waals surface area contributed by atoms with Crippen LogP contribution < -0.4 is 10.5 Å². The summed E-state index contributed by atoms with van der Waals surface area (Å²) in [6.45, 7) is 2.05. The summed E-state index contributed by atoms with van der Waals surface area (Å²) >= 11 is 1.49. The van der Waals surface area contributed by atoms with E-state index >= 15 is 0 Å². The third-order valence-electron chi connectivity index (χ3n) is 4.45. The molecule has 0 atom stereocenters. The van der Waals surface area contributed by atoms with Crippen molar-refractivity contribution in [2.75, 3.05) is 19.5 Å². The van der Waals surface area contributed by atoms with Crippen LogP contribution in [0.4, 0.5) is 5.69 Å². The number of hydrogen-bond acceptors (Lipinski definition) is 6. The highest BCUT2D eigenvalue weighted by molar-refractivity contribution is 7.13. The fourth-order valence-electron chi connectivity index (χ4n) is 3.14. The minimum absolute atomic E-state index is 0.284. The molecule has 3 aromatic heterocycles. The van der Waals surface area contributed by atoms with Gasteiger partial charge >= 0.3 is 5.97 Å². The molecule has 3 heterocycles. The van der Waals surface area contributed by atoms with Crippen molar-refractivity contribution >= 4 is 28.5 Å². The molecule has 0 unspecified atom stereocenters. The number of hydrogen-bond donors (Lipinski definition) is 1. The predicted octanol–water partition coefficient (Wildman–Crippen LogP) is 4.50. The number of thiazole rings is 1. The summed E-state index contributed by atoms with van der Waals surface area (Å²) in [7, 11) is 1.64. The molecule has 6 nitrogen and oxygen atoms in total. The lowest BCUT2D eigenvalue weighted by Gasteiger charge is -2.03. The number of ether oxygens (including phenoxy) is 2. The van der Waals surface area contributed by atoms with Gasteiger partial charge in [0, 0.05) is 17.1 Å². The van der Waals surface area contributed by atoms with Gasteiger partial charge in [-0.05, 0) is 43.3 Å². The Kier molecular flexibility index (Phi) is 4.75. The number of nitrogen functional groups attached to an aromatic ring is 1. The van der Waals surface area contributed by atoms with E-state index in [0.717, 1.165) is 33.1 Å². The van der Waals surface area contributed by atoms with E-state index in [4.69, 9.17) is 20.2 Å². The smallest absolute Gasteiger partial charge is 0.357 e. The molecule has 0 spiro atoms. The van der Waals surface area contributed by atoms with Gasteiger partial charge in [-0.15, -0.1) is 11.3 Å². The highest BCUT2D eigenvalue weighted by Crippen LogP contribution is 2.39. The number of carbonyl (C=O) groups excluding carboxylic acids is 1. The Balaban J connectivity index is 1.82. The van der Waals surface area contributed by atoms with Crippen LogP contribution in [0, 0.1) is 0 Å². The Morgan fingerprint density at radius 1 is 1.21 bits per heavy atom. The number of aromatic nitrogens is 2. The van der Waals surface area contributed by atoms with Crippen molar-refractivity contribution in [2.24, 2.45) is 0 Å². The number of nitrogens with two attached hydrogens (primary N) is 1. The number of methoxy groups -OCH3 is 1. The third kappa shape index (κ3) is 2.99. The molecule has 0 bridgehead atoms. The average Bonchev–Trinajstić information content (AvgIpc) is 3.30. The van der Waals surface area contributed by atoms with Gasteiger partial charge in [-0.3, -0.25) is 0 Å². The summed E-state index contributed by atoms with van der Waals surface area (Å²) in [6.07, 6.45) is 1.80. The maximum absolute atomic E-state index is 12.5. The van der Waals surface area contributed by atoms with Crippen LogP contribution in [0.15, 0.2) is 54.0 Å². The summed E-state index contributed by atoms with van der Waals surface area (Å²) in [4.78, 5) is 17.2. The lowest BCUT2D eigenvalue weighted by Crippen LogP contribution is -2.10. The number of pyridine rings is 1. The van der Waals surface area contributed by atoms with E-state index < -0.39 is 5.97 Å². The first-order valence-electron chi connectivity index (χ1n) is 8.80. The first-order chi connectivity index (χ1) is 13.6. The SMILES string of the molecule is CCOC(=O)c1c(N)c(-c2nc(-c3ccc(OC)cc3)cs2)c2ccccn12. The van der Waals surface area contributed by atoms with E-state index in [9.17, 15) is 4.79 Å². The Bertz CT molecular complexity index is 1150.